The van der Waals surface area contributed by atoms with Gasteiger partial charge in [-0.05, 0) is 30.9 Å². The van der Waals surface area contributed by atoms with Crippen LogP contribution >= 0.6 is 0 Å². The van der Waals surface area contributed by atoms with Crippen LogP contribution < -0.4 is 5.32 Å². The van der Waals surface area contributed by atoms with Gasteiger partial charge in [-0.3, -0.25) is 0 Å². The summed E-state index contributed by atoms with van der Waals surface area (Å²) in [5.41, 5.74) is 2.84. The number of rotatable bonds is 4. The van der Waals surface area contributed by atoms with Crippen molar-refractivity contribution in [1.82, 2.24) is 9.21 Å². The first-order valence-corrected chi connectivity index (χ1v) is 12.8. The van der Waals surface area contributed by atoms with Crippen LogP contribution in [0.2, 0.25) is 0 Å². The zero-order chi connectivity index (χ0) is 20.5. The van der Waals surface area contributed by atoms with Gasteiger partial charge in [0.05, 0.1) is 16.8 Å². The highest BCUT2D eigenvalue weighted by Crippen LogP contribution is 2.24. The normalized spacial score (nSPS) is 22.9. The molecule has 0 aromatic heterocycles. The number of carbonyl (C=O) groups excluding carboxylic acids is 1. The van der Waals surface area contributed by atoms with Gasteiger partial charge >= 0.3 is 6.03 Å². The molecule has 156 valence electrons. The van der Waals surface area contributed by atoms with E-state index < -0.39 is 25.1 Å². The Morgan fingerprint density at radius 2 is 1.89 bits per heavy atom. The van der Waals surface area contributed by atoms with Crippen LogP contribution in [0, 0.1) is 6.92 Å². The Morgan fingerprint density at radius 3 is 2.46 bits per heavy atom. The first-order valence-electron chi connectivity index (χ1n) is 9.48. The molecule has 8 nitrogen and oxygen atoms in total. The fourth-order valence-corrected chi connectivity index (χ4v) is 8.25. The molecule has 2 aliphatic rings. The Morgan fingerprint density at radius 1 is 1.21 bits per heavy atom. The summed E-state index contributed by atoms with van der Waals surface area (Å²) in [5.74, 6) is -0.376. The summed E-state index contributed by atoms with van der Waals surface area (Å²) in [5, 5.41) is 2.09. The zero-order valence-electron chi connectivity index (χ0n) is 16.2. The average molecular weight is 430 g/mol. The van der Waals surface area contributed by atoms with Crippen molar-refractivity contribution in [2.45, 2.75) is 31.9 Å². The van der Waals surface area contributed by atoms with Crippen molar-refractivity contribution in [2.75, 3.05) is 43.0 Å². The molecule has 3 rings (SSSR count). The molecular formula is C18H27N3O5S2. The fourth-order valence-electron chi connectivity index (χ4n) is 3.74. The van der Waals surface area contributed by atoms with E-state index in [1.165, 1.54) is 4.31 Å². The van der Waals surface area contributed by atoms with E-state index in [4.69, 9.17) is 0 Å². The van der Waals surface area contributed by atoms with Crippen molar-refractivity contribution in [2.24, 2.45) is 0 Å². The van der Waals surface area contributed by atoms with Crippen LogP contribution in [0.25, 0.3) is 0 Å². The summed E-state index contributed by atoms with van der Waals surface area (Å²) in [4.78, 5) is 14.3. The van der Waals surface area contributed by atoms with E-state index >= 15 is 0 Å². The zero-order valence-corrected chi connectivity index (χ0v) is 17.9. The predicted octanol–water partition coefficient (Wildman–Crippen LogP) is 1.22. The van der Waals surface area contributed by atoms with Gasteiger partial charge in [0.2, 0.25) is 10.0 Å². The summed E-state index contributed by atoms with van der Waals surface area (Å²) in [6.45, 7) is 4.88. The highest BCUT2D eigenvalue weighted by atomic mass is 32.2. The van der Waals surface area contributed by atoms with Gasteiger partial charge in [-0.2, -0.15) is 4.31 Å². The molecule has 0 saturated carbocycles. The molecule has 0 unspecified atom stereocenters. The summed E-state index contributed by atoms with van der Waals surface area (Å²) in [6.07, 6.45) is 0.950. The van der Waals surface area contributed by atoms with Gasteiger partial charge in [-0.15, -0.1) is 0 Å². The molecule has 1 aromatic carbocycles. The van der Waals surface area contributed by atoms with E-state index in [1.54, 1.807) is 4.90 Å². The van der Waals surface area contributed by atoms with E-state index in [-0.39, 0.29) is 50.1 Å². The molecule has 2 fully saturated rings. The highest BCUT2D eigenvalue weighted by molar-refractivity contribution is 7.95. The quantitative estimate of drug-likeness (QED) is 0.775. The summed E-state index contributed by atoms with van der Waals surface area (Å²) in [7, 11) is -6.93. The minimum atomic E-state index is -3.66. The molecule has 0 radical (unpaired) electrons. The number of piperazine rings is 1. The fraction of sp³-hybridized carbons (Fsp3) is 0.611. The third-order valence-corrected chi connectivity index (χ3v) is 9.78. The third-order valence-electron chi connectivity index (χ3n) is 5.47. The van der Waals surface area contributed by atoms with Crippen molar-refractivity contribution in [3.8, 4) is 0 Å². The van der Waals surface area contributed by atoms with Gasteiger partial charge in [0.25, 0.3) is 0 Å². The van der Waals surface area contributed by atoms with Gasteiger partial charge in [0, 0.05) is 31.9 Å². The van der Waals surface area contributed by atoms with Gasteiger partial charge in [0.15, 0.2) is 9.84 Å². The van der Waals surface area contributed by atoms with Crippen LogP contribution in [0.1, 0.15) is 24.5 Å². The Balaban J connectivity index is 1.62. The summed E-state index contributed by atoms with van der Waals surface area (Å²) in [6, 6.07) is 5.62. The maximum Gasteiger partial charge on any atom is 0.321 e. The molecule has 10 heteroatoms. The van der Waals surface area contributed by atoms with E-state index in [2.05, 4.69) is 5.32 Å². The molecule has 28 heavy (non-hydrogen) atoms. The number of sulfone groups is 1. The second kappa shape index (κ2) is 8.00. The van der Waals surface area contributed by atoms with E-state index in [1.807, 2.05) is 32.0 Å². The standard InChI is InChI=1S/C18H27N3O5S2/c1-3-15-6-4-5-14(2)17(15)19-18(22)20-8-10-21(11-9-20)28(25,26)16-7-12-27(23,24)13-16/h4-6,16H,3,7-13H2,1-2H3,(H,19,22)/t16-/m0/s1. The minimum absolute atomic E-state index is 0.0740. The molecule has 0 aliphatic carbocycles. The molecule has 1 aromatic rings. The Labute approximate surface area is 166 Å². The smallest absolute Gasteiger partial charge is 0.321 e. The SMILES string of the molecule is CCc1cccc(C)c1NC(=O)N1CCN(S(=O)(=O)[C@H]2CCS(=O)(=O)C2)CC1. The second-order valence-electron chi connectivity index (χ2n) is 7.35. The maximum atomic E-state index is 12.7. The molecule has 2 aliphatic heterocycles. The van der Waals surface area contributed by atoms with Gasteiger partial charge in [-0.1, -0.05) is 25.1 Å². The first kappa shape index (κ1) is 21.1. The minimum Gasteiger partial charge on any atom is -0.322 e. The number of nitrogens with zero attached hydrogens (tertiary/aromatic N) is 2. The molecule has 1 atom stereocenters. The Hall–Kier alpha value is -1.65. The molecule has 1 N–H and O–H groups in total. The number of para-hydroxylation sites is 1. The number of aryl methyl sites for hydroxylation is 2. The number of benzene rings is 1. The lowest BCUT2D eigenvalue weighted by Gasteiger charge is -2.35. The van der Waals surface area contributed by atoms with Crippen LogP contribution in [0.5, 0.6) is 0 Å². The van der Waals surface area contributed by atoms with Crippen LogP contribution in [0.3, 0.4) is 0 Å². The third kappa shape index (κ3) is 4.33. The van der Waals surface area contributed by atoms with E-state index in [0.717, 1.165) is 23.2 Å². The van der Waals surface area contributed by atoms with Crippen LogP contribution in [-0.4, -0.2) is 75.0 Å². The molecule has 0 spiro atoms. The van der Waals surface area contributed by atoms with Crippen LogP contribution in [-0.2, 0) is 26.3 Å². The number of nitrogens with one attached hydrogen (secondary N) is 1. The maximum absolute atomic E-state index is 12.7. The lowest BCUT2D eigenvalue weighted by molar-refractivity contribution is 0.184. The number of carbonyl (C=O) groups is 1. The van der Waals surface area contributed by atoms with E-state index in [9.17, 15) is 21.6 Å². The molecule has 2 saturated heterocycles. The number of hydrogen-bond donors (Lipinski definition) is 1. The number of amides is 2. The predicted molar refractivity (Wildman–Crippen MR) is 109 cm³/mol. The highest BCUT2D eigenvalue weighted by Gasteiger charge is 2.41. The van der Waals surface area contributed by atoms with Crippen LogP contribution in [0.4, 0.5) is 10.5 Å². The second-order valence-corrected chi connectivity index (χ2v) is 11.8. The molecule has 2 amide bonds. The van der Waals surface area contributed by atoms with Crippen molar-refractivity contribution in [1.29, 1.82) is 0 Å². The largest absolute Gasteiger partial charge is 0.322 e. The number of hydrogen-bond acceptors (Lipinski definition) is 5. The van der Waals surface area contributed by atoms with Crippen molar-refractivity contribution in [3.63, 3.8) is 0 Å². The molecule has 0 bridgehead atoms. The Kier molecular flexibility index (Phi) is 6.02. The van der Waals surface area contributed by atoms with Gasteiger partial charge in [-0.25, -0.2) is 21.6 Å². The molecule has 2 heterocycles. The number of sulfonamides is 1. The monoisotopic (exact) mass is 429 g/mol. The average Bonchev–Trinajstić information content (AvgIpc) is 3.04. The van der Waals surface area contributed by atoms with Crippen molar-refractivity contribution in [3.05, 3.63) is 29.3 Å². The van der Waals surface area contributed by atoms with E-state index in [0.29, 0.717) is 0 Å². The van der Waals surface area contributed by atoms with Gasteiger partial charge in [0.1, 0.15) is 0 Å². The molecular weight excluding hydrogens is 402 g/mol. The summed E-state index contributed by atoms with van der Waals surface area (Å²) >= 11 is 0. The van der Waals surface area contributed by atoms with Crippen LogP contribution in [0.15, 0.2) is 18.2 Å². The van der Waals surface area contributed by atoms with Crippen molar-refractivity contribution < 1.29 is 21.6 Å². The lowest BCUT2D eigenvalue weighted by Crippen LogP contribution is -2.53. The van der Waals surface area contributed by atoms with Gasteiger partial charge < -0.3 is 10.2 Å². The lowest BCUT2D eigenvalue weighted by atomic mass is 10.1. The van der Waals surface area contributed by atoms with Crippen molar-refractivity contribution >= 4 is 31.6 Å². The number of urea groups is 1. The first-order chi connectivity index (χ1) is 13.1. The number of anilines is 1. The Bertz CT molecular complexity index is 951. The topological polar surface area (TPSA) is 104 Å². The summed E-state index contributed by atoms with van der Waals surface area (Å²) < 4.78 is 50.0.